The quantitative estimate of drug-likeness (QED) is 0.771. The van der Waals surface area contributed by atoms with Crippen LogP contribution in [-0.4, -0.2) is 30.4 Å². The first-order valence-corrected chi connectivity index (χ1v) is 7.31. The van der Waals surface area contributed by atoms with Crippen LogP contribution >= 0.6 is 11.6 Å². The van der Waals surface area contributed by atoms with Crippen molar-refractivity contribution in [3.8, 4) is 5.75 Å². The van der Waals surface area contributed by atoms with Crippen LogP contribution in [0.1, 0.15) is 26.2 Å². The Labute approximate surface area is 119 Å². The first-order valence-electron chi connectivity index (χ1n) is 6.93. The molecule has 1 aromatic carbocycles. The number of aliphatic hydroxyl groups is 1. The molecule has 0 amide bonds. The third-order valence-electron chi connectivity index (χ3n) is 3.32. The summed E-state index contributed by atoms with van der Waals surface area (Å²) in [4.78, 5) is 0. The highest BCUT2D eigenvalue weighted by Crippen LogP contribution is 2.33. The molecular formula is C15H22ClNO2. The summed E-state index contributed by atoms with van der Waals surface area (Å²) in [5, 5.41) is 13.8. The second-order valence-electron chi connectivity index (χ2n) is 5.41. The Balaban J connectivity index is 1.62. The molecule has 2 atom stereocenters. The second-order valence-corrected chi connectivity index (χ2v) is 5.85. The van der Waals surface area contributed by atoms with Gasteiger partial charge >= 0.3 is 0 Å². The number of halogens is 1. The predicted molar refractivity (Wildman–Crippen MR) is 77.8 cm³/mol. The van der Waals surface area contributed by atoms with Crippen molar-refractivity contribution >= 4 is 11.6 Å². The standard InChI is InChI=1S/C15H22ClNO2/c1-11(7-12-5-6-12)17-9-14(18)10-19-15-4-2-3-13(16)8-15/h2-4,8,11-12,14,17-18H,5-7,9-10H2,1H3. The van der Waals surface area contributed by atoms with Crippen LogP contribution in [0.25, 0.3) is 0 Å². The van der Waals surface area contributed by atoms with Gasteiger partial charge in [-0.15, -0.1) is 0 Å². The summed E-state index contributed by atoms with van der Waals surface area (Å²) in [5.74, 6) is 1.60. The Bertz CT molecular complexity index is 395. The van der Waals surface area contributed by atoms with Crippen LogP contribution in [0.15, 0.2) is 24.3 Å². The van der Waals surface area contributed by atoms with Crippen LogP contribution < -0.4 is 10.1 Å². The lowest BCUT2D eigenvalue weighted by atomic mass is 10.1. The molecule has 19 heavy (non-hydrogen) atoms. The molecular weight excluding hydrogens is 262 g/mol. The van der Waals surface area contributed by atoms with Crippen LogP contribution in [0, 0.1) is 5.92 Å². The summed E-state index contributed by atoms with van der Waals surface area (Å²) >= 11 is 5.86. The van der Waals surface area contributed by atoms with Crippen LogP contribution in [-0.2, 0) is 0 Å². The number of ether oxygens (including phenoxy) is 1. The maximum Gasteiger partial charge on any atom is 0.120 e. The van der Waals surface area contributed by atoms with Crippen LogP contribution in [0.5, 0.6) is 5.75 Å². The average molecular weight is 284 g/mol. The van der Waals surface area contributed by atoms with E-state index < -0.39 is 6.10 Å². The van der Waals surface area contributed by atoms with E-state index in [0.29, 0.717) is 23.4 Å². The molecule has 2 N–H and O–H groups in total. The van der Waals surface area contributed by atoms with Crippen molar-refractivity contribution in [3.05, 3.63) is 29.3 Å². The average Bonchev–Trinajstić information content (AvgIpc) is 3.18. The first-order chi connectivity index (χ1) is 9.13. The lowest BCUT2D eigenvalue weighted by molar-refractivity contribution is 0.103. The van der Waals surface area contributed by atoms with Crippen LogP contribution in [0.3, 0.4) is 0 Å². The molecule has 0 heterocycles. The molecule has 1 aliphatic carbocycles. The van der Waals surface area contributed by atoms with E-state index in [0.717, 1.165) is 5.92 Å². The van der Waals surface area contributed by atoms with Gasteiger partial charge in [-0.2, -0.15) is 0 Å². The van der Waals surface area contributed by atoms with Crippen molar-refractivity contribution in [3.63, 3.8) is 0 Å². The number of hydrogen-bond donors (Lipinski definition) is 2. The molecule has 2 unspecified atom stereocenters. The van der Waals surface area contributed by atoms with E-state index in [1.165, 1.54) is 19.3 Å². The number of benzene rings is 1. The van der Waals surface area contributed by atoms with E-state index in [-0.39, 0.29) is 6.61 Å². The molecule has 0 spiro atoms. The van der Waals surface area contributed by atoms with Gasteiger partial charge in [-0.05, 0) is 37.5 Å². The van der Waals surface area contributed by atoms with Gasteiger partial charge in [0.2, 0.25) is 0 Å². The lowest BCUT2D eigenvalue weighted by Crippen LogP contribution is -2.36. The molecule has 1 aliphatic rings. The van der Waals surface area contributed by atoms with Gasteiger partial charge in [0.15, 0.2) is 0 Å². The summed E-state index contributed by atoms with van der Waals surface area (Å²) in [5.41, 5.74) is 0. The Morgan fingerprint density at radius 1 is 1.47 bits per heavy atom. The minimum Gasteiger partial charge on any atom is -0.491 e. The van der Waals surface area contributed by atoms with Gasteiger partial charge in [0.25, 0.3) is 0 Å². The highest BCUT2D eigenvalue weighted by molar-refractivity contribution is 6.30. The zero-order valence-electron chi connectivity index (χ0n) is 11.3. The molecule has 4 heteroatoms. The molecule has 0 bridgehead atoms. The molecule has 106 valence electrons. The van der Waals surface area contributed by atoms with Crippen LogP contribution in [0.2, 0.25) is 5.02 Å². The monoisotopic (exact) mass is 283 g/mol. The van der Waals surface area contributed by atoms with E-state index >= 15 is 0 Å². The van der Waals surface area contributed by atoms with E-state index in [1.54, 1.807) is 12.1 Å². The van der Waals surface area contributed by atoms with E-state index in [4.69, 9.17) is 16.3 Å². The second kappa shape index (κ2) is 7.13. The van der Waals surface area contributed by atoms with Gasteiger partial charge in [0, 0.05) is 17.6 Å². The van der Waals surface area contributed by atoms with Crippen molar-refractivity contribution in [1.29, 1.82) is 0 Å². The number of nitrogens with one attached hydrogen (secondary N) is 1. The zero-order valence-corrected chi connectivity index (χ0v) is 12.1. The van der Waals surface area contributed by atoms with Gasteiger partial charge in [-0.1, -0.05) is 30.5 Å². The maximum atomic E-state index is 9.86. The van der Waals surface area contributed by atoms with Crippen molar-refractivity contribution < 1.29 is 9.84 Å². The van der Waals surface area contributed by atoms with Gasteiger partial charge < -0.3 is 15.2 Å². The highest BCUT2D eigenvalue weighted by atomic mass is 35.5. The molecule has 0 saturated heterocycles. The van der Waals surface area contributed by atoms with Crippen molar-refractivity contribution in [1.82, 2.24) is 5.32 Å². The molecule has 0 aliphatic heterocycles. The number of rotatable bonds is 8. The normalized spacial score (nSPS) is 18.1. The molecule has 3 nitrogen and oxygen atoms in total. The van der Waals surface area contributed by atoms with Gasteiger partial charge in [-0.25, -0.2) is 0 Å². The fraction of sp³-hybridized carbons (Fsp3) is 0.600. The van der Waals surface area contributed by atoms with Crippen molar-refractivity contribution in [2.45, 2.75) is 38.3 Å². The topological polar surface area (TPSA) is 41.5 Å². The number of aliphatic hydroxyl groups excluding tert-OH is 1. The molecule has 0 aromatic heterocycles. The maximum absolute atomic E-state index is 9.86. The molecule has 1 fully saturated rings. The zero-order chi connectivity index (χ0) is 13.7. The lowest BCUT2D eigenvalue weighted by Gasteiger charge is -2.17. The summed E-state index contributed by atoms with van der Waals surface area (Å²) in [6, 6.07) is 7.68. The van der Waals surface area contributed by atoms with Crippen molar-refractivity contribution in [2.24, 2.45) is 5.92 Å². The van der Waals surface area contributed by atoms with E-state index in [9.17, 15) is 5.11 Å². The smallest absolute Gasteiger partial charge is 0.120 e. The fourth-order valence-electron chi connectivity index (χ4n) is 2.08. The van der Waals surface area contributed by atoms with Crippen molar-refractivity contribution in [2.75, 3.05) is 13.2 Å². The minimum atomic E-state index is -0.499. The van der Waals surface area contributed by atoms with Gasteiger partial charge in [0.05, 0.1) is 0 Å². The largest absolute Gasteiger partial charge is 0.491 e. The highest BCUT2D eigenvalue weighted by Gasteiger charge is 2.23. The third kappa shape index (κ3) is 5.81. The van der Waals surface area contributed by atoms with E-state index in [2.05, 4.69) is 12.2 Å². The van der Waals surface area contributed by atoms with E-state index in [1.807, 2.05) is 12.1 Å². The summed E-state index contributed by atoms with van der Waals surface area (Å²) in [7, 11) is 0. The van der Waals surface area contributed by atoms with Gasteiger partial charge in [0.1, 0.15) is 18.5 Å². The summed E-state index contributed by atoms with van der Waals surface area (Å²) in [6.07, 6.45) is 3.45. The molecule has 2 rings (SSSR count). The predicted octanol–water partition coefficient (Wildman–Crippen LogP) is 2.86. The summed E-state index contributed by atoms with van der Waals surface area (Å²) in [6.45, 7) is 3.01. The molecule has 0 radical (unpaired) electrons. The molecule has 1 aromatic rings. The Hall–Kier alpha value is -0.770. The minimum absolute atomic E-state index is 0.281. The fourth-order valence-corrected chi connectivity index (χ4v) is 2.26. The molecule has 1 saturated carbocycles. The SMILES string of the molecule is CC(CC1CC1)NCC(O)COc1cccc(Cl)c1. The summed E-state index contributed by atoms with van der Waals surface area (Å²) < 4.78 is 5.50. The first kappa shape index (κ1) is 14.6. The third-order valence-corrected chi connectivity index (χ3v) is 3.56. The Morgan fingerprint density at radius 3 is 2.95 bits per heavy atom. The Morgan fingerprint density at radius 2 is 2.26 bits per heavy atom. The Kier molecular flexibility index (Phi) is 5.49. The number of hydrogen-bond acceptors (Lipinski definition) is 3. The van der Waals surface area contributed by atoms with Gasteiger partial charge in [-0.3, -0.25) is 0 Å². The van der Waals surface area contributed by atoms with Crippen LogP contribution in [0.4, 0.5) is 0 Å².